The number of halogens is 3. The number of hydrogen-bond donors (Lipinski definition) is 0. The zero-order valence-corrected chi connectivity index (χ0v) is 17.1. The molecule has 0 aliphatic carbocycles. The van der Waals surface area contributed by atoms with Crippen LogP contribution < -0.4 is 0 Å². The van der Waals surface area contributed by atoms with Gasteiger partial charge in [0.2, 0.25) is 0 Å². The Hall–Kier alpha value is -2.61. The van der Waals surface area contributed by atoms with E-state index in [4.69, 9.17) is 0 Å². The fraction of sp³-hybridized carbons (Fsp3) is 0.364. The first kappa shape index (κ1) is 20.7. The van der Waals surface area contributed by atoms with Crippen molar-refractivity contribution < 1.29 is 18.0 Å². The van der Waals surface area contributed by atoms with Crippen LogP contribution in [-0.4, -0.2) is 33.7 Å². The molecule has 0 bridgehead atoms. The van der Waals surface area contributed by atoms with Crippen LogP contribution in [0.4, 0.5) is 13.2 Å². The van der Waals surface area contributed by atoms with Crippen LogP contribution in [0.15, 0.2) is 54.0 Å². The van der Waals surface area contributed by atoms with Crippen molar-refractivity contribution in [1.82, 2.24) is 14.7 Å². The first-order valence-electron chi connectivity index (χ1n) is 9.90. The van der Waals surface area contributed by atoms with E-state index in [1.165, 1.54) is 27.8 Å². The molecule has 3 aromatic rings. The van der Waals surface area contributed by atoms with Crippen LogP contribution in [0.1, 0.15) is 39.3 Å². The molecule has 1 fully saturated rings. The maximum atomic E-state index is 12.8. The van der Waals surface area contributed by atoms with Gasteiger partial charge in [0.05, 0.1) is 11.4 Å². The second-order valence-corrected chi connectivity index (χ2v) is 8.55. The van der Waals surface area contributed by atoms with Crippen LogP contribution in [0.3, 0.4) is 0 Å². The molecular weight excluding hydrogens is 411 g/mol. The lowest BCUT2D eigenvalue weighted by Gasteiger charge is -2.31. The Balaban J connectivity index is 1.31. The molecule has 0 saturated carbocycles. The van der Waals surface area contributed by atoms with Gasteiger partial charge in [0.15, 0.2) is 5.69 Å². The van der Waals surface area contributed by atoms with Gasteiger partial charge in [-0.05, 0) is 53.8 Å². The summed E-state index contributed by atoms with van der Waals surface area (Å²) >= 11 is 1.33. The summed E-state index contributed by atoms with van der Waals surface area (Å²) in [6.07, 6.45) is -0.151. The molecule has 0 atom stereocenters. The van der Waals surface area contributed by atoms with Gasteiger partial charge in [0, 0.05) is 19.3 Å². The molecule has 1 aliphatic heterocycles. The number of amides is 1. The summed E-state index contributed by atoms with van der Waals surface area (Å²) in [7, 11) is 0. The number of likely N-dealkylation sites (tertiary alicyclic amines) is 1. The predicted molar refractivity (Wildman–Crippen MR) is 109 cm³/mol. The van der Waals surface area contributed by atoms with E-state index in [0.29, 0.717) is 10.8 Å². The third-order valence-electron chi connectivity index (χ3n) is 5.41. The molecule has 1 aromatic carbocycles. The van der Waals surface area contributed by atoms with E-state index in [1.807, 2.05) is 16.3 Å². The third-order valence-corrected chi connectivity index (χ3v) is 6.38. The summed E-state index contributed by atoms with van der Waals surface area (Å²) in [5.41, 5.74) is 1.20. The average Bonchev–Trinajstić information content (AvgIpc) is 3.39. The van der Waals surface area contributed by atoms with Crippen molar-refractivity contribution >= 4 is 17.2 Å². The Morgan fingerprint density at radius 3 is 2.50 bits per heavy atom. The summed E-state index contributed by atoms with van der Waals surface area (Å²) in [4.78, 5) is 15.3. The fourth-order valence-corrected chi connectivity index (χ4v) is 4.67. The molecule has 3 heterocycles. The maximum Gasteiger partial charge on any atom is 0.435 e. The topological polar surface area (TPSA) is 38.1 Å². The number of piperidine rings is 1. The minimum atomic E-state index is -4.45. The quantitative estimate of drug-likeness (QED) is 0.561. The van der Waals surface area contributed by atoms with E-state index in [-0.39, 0.29) is 12.5 Å². The molecule has 1 amide bonds. The standard InChI is InChI=1S/C22H22F3N3OS/c23-22(24,25)20-8-11-28(26-20)14-18-13-19(30-15-18)21(29)27-9-6-17(7-10-27)12-16-4-2-1-3-5-16/h1-5,8,11,13,15,17H,6-7,9-10,12,14H2. The lowest BCUT2D eigenvalue weighted by molar-refractivity contribution is -0.141. The van der Waals surface area contributed by atoms with E-state index in [1.54, 1.807) is 6.07 Å². The van der Waals surface area contributed by atoms with Crippen molar-refractivity contribution in [2.24, 2.45) is 5.92 Å². The highest BCUT2D eigenvalue weighted by atomic mass is 32.1. The molecule has 4 rings (SSSR count). The van der Waals surface area contributed by atoms with E-state index in [9.17, 15) is 18.0 Å². The molecule has 1 aliphatic rings. The zero-order chi connectivity index (χ0) is 21.1. The van der Waals surface area contributed by atoms with Gasteiger partial charge in [-0.3, -0.25) is 9.48 Å². The van der Waals surface area contributed by atoms with Crippen LogP contribution >= 0.6 is 11.3 Å². The molecule has 30 heavy (non-hydrogen) atoms. The van der Waals surface area contributed by atoms with Gasteiger partial charge >= 0.3 is 6.18 Å². The molecule has 1 saturated heterocycles. The number of carbonyl (C=O) groups excluding carboxylic acids is 1. The van der Waals surface area contributed by atoms with Crippen LogP contribution in [0, 0.1) is 5.92 Å². The van der Waals surface area contributed by atoms with Gasteiger partial charge in [0.1, 0.15) is 0 Å². The van der Waals surface area contributed by atoms with Gasteiger partial charge in [-0.25, -0.2) is 0 Å². The Morgan fingerprint density at radius 2 is 1.83 bits per heavy atom. The number of thiophene rings is 1. The molecule has 0 unspecified atom stereocenters. The van der Waals surface area contributed by atoms with Crippen molar-refractivity contribution in [2.45, 2.75) is 32.0 Å². The Labute approximate surface area is 176 Å². The van der Waals surface area contributed by atoms with Gasteiger partial charge in [-0.1, -0.05) is 30.3 Å². The molecule has 0 radical (unpaired) electrons. The van der Waals surface area contributed by atoms with Crippen LogP contribution in [0.2, 0.25) is 0 Å². The molecule has 158 valence electrons. The summed E-state index contributed by atoms with van der Waals surface area (Å²) in [5, 5.41) is 5.37. The fourth-order valence-electron chi connectivity index (χ4n) is 3.80. The Bertz CT molecular complexity index is 988. The van der Waals surface area contributed by atoms with E-state index >= 15 is 0 Å². The van der Waals surface area contributed by atoms with Crippen molar-refractivity contribution in [3.63, 3.8) is 0 Å². The van der Waals surface area contributed by atoms with Crippen molar-refractivity contribution in [3.05, 3.63) is 75.7 Å². The SMILES string of the molecule is O=C(c1cc(Cn2ccc(C(F)(F)F)n2)cs1)N1CCC(Cc2ccccc2)CC1. The van der Waals surface area contributed by atoms with Gasteiger partial charge in [-0.15, -0.1) is 11.3 Å². The minimum absolute atomic E-state index is 0.000793. The lowest BCUT2D eigenvalue weighted by Crippen LogP contribution is -2.38. The van der Waals surface area contributed by atoms with E-state index in [0.717, 1.165) is 44.0 Å². The largest absolute Gasteiger partial charge is 0.435 e. The number of rotatable bonds is 5. The third kappa shape index (κ3) is 4.92. The number of alkyl halides is 3. The summed E-state index contributed by atoms with van der Waals surface area (Å²) in [6.45, 7) is 1.67. The zero-order valence-electron chi connectivity index (χ0n) is 16.3. The number of benzene rings is 1. The van der Waals surface area contributed by atoms with Gasteiger partial charge in [0.25, 0.3) is 5.91 Å². The molecule has 0 N–H and O–H groups in total. The average molecular weight is 433 g/mol. The number of aromatic nitrogens is 2. The molecule has 8 heteroatoms. The molecular formula is C22H22F3N3OS. The number of carbonyl (C=O) groups is 1. The Kier molecular flexibility index (Phi) is 5.94. The number of hydrogen-bond acceptors (Lipinski definition) is 3. The monoisotopic (exact) mass is 433 g/mol. The normalized spacial score (nSPS) is 15.5. The van der Waals surface area contributed by atoms with Crippen molar-refractivity contribution in [2.75, 3.05) is 13.1 Å². The summed E-state index contributed by atoms with van der Waals surface area (Å²) in [5.74, 6) is 0.582. The van der Waals surface area contributed by atoms with Crippen LogP contribution in [-0.2, 0) is 19.1 Å². The highest BCUT2D eigenvalue weighted by Gasteiger charge is 2.33. The van der Waals surface area contributed by atoms with E-state index in [2.05, 4.69) is 29.4 Å². The van der Waals surface area contributed by atoms with Crippen LogP contribution in [0.25, 0.3) is 0 Å². The molecule has 0 spiro atoms. The van der Waals surface area contributed by atoms with Gasteiger partial charge < -0.3 is 4.90 Å². The second kappa shape index (κ2) is 8.63. The second-order valence-electron chi connectivity index (χ2n) is 7.64. The van der Waals surface area contributed by atoms with E-state index < -0.39 is 11.9 Å². The molecule has 2 aromatic heterocycles. The predicted octanol–water partition coefficient (Wildman–Crippen LogP) is 5.11. The Morgan fingerprint density at radius 1 is 1.10 bits per heavy atom. The smallest absolute Gasteiger partial charge is 0.338 e. The minimum Gasteiger partial charge on any atom is -0.338 e. The first-order chi connectivity index (χ1) is 14.4. The summed E-state index contributed by atoms with van der Waals surface area (Å²) in [6, 6.07) is 13.1. The maximum absolute atomic E-state index is 12.8. The van der Waals surface area contributed by atoms with Crippen molar-refractivity contribution in [3.8, 4) is 0 Å². The number of nitrogens with zero attached hydrogens (tertiary/aromatic N) is 3. The first-order valence-corrected chi connectivity index (χ1v) is 10.8. The summed E-state index contributed by atoms with van der Waals surface area (Å²) < 4.78 is 39.3. The lowest BCUT2D eigenvalue weighted by atomic mass is 9.90. The van der Waals surface area contributed by atoms with Gasteiger partial charge in [-0.2, -0.15) is 18.3 Å². The van der Waals surface area contributed by atoms with Crippen molar-refractivity contribution in [1.29, 1.82) is 0 Å². The molecule has 4 nitrogen and oxygen atoms in total. The highest BCUT2D eigenvalue weighted by Crippen LogP contribution is 2.28. The van der Waals surface area contributed by atoms with Crippen LogP contribution in [0.5, 0.6) is 0 Å². The highest BCUT2D eigenvalue weighted by molar-refractivity contribution is 7.12.